The molecular weight excluding hydrogens is 636 g/mol. The van der Waals surface area contributed by atoms with Crippen molar-refractivity contribution in [2.75, 3.05) is 46.8 Å². The van der Waals surface area contributed by atoms with E-state index in [0.717, 1.165) is 40.6 Å². The summed E-state index contributed by atoms with van der Waals surface area (Å²) in [5.41, 5.74) is 3.08. The number of piperazine rings is 1. The molecule has 0 radical (unpaired) electrons. The van der Waals surface area contributed by atoms with Crippen molar-refractivity contribution in [1.82, 2.24) is 29.9 Å². The molecule has 12 heteroatoms. The fraction of sp³-hybridized carbons (Fsp3) is 0.553. The van der Waals surface area contributed by atoms with Crippen molar-refractivity contribution in [2.45, 2.75) is 70.4 Å². The zero-order valence-electron chi connectivity index (χ0n) is 29.3. The highest BCUT2D eigenvalue weighted by molar-refractivity contribution is 5.93. The second kappa shape index (κ2) is 13.6. The smallest absolute Gasteiger partial charge is 0.228 e. The molecule has 4 aliphatic rings. The summed E-state index contributed by atoms with van der Waals surface area (Å²) >= 11 is 0. The average Bonchev–Trinajstić information content (AvgIpc) is 3.71. The maximum atomic E-state index is 14.8. The second-order valence-electron chi connectivity index (χ2n) is 14.6. The molecule has 3 fully saturated rings. The number of aromatic nitrogens is 1. The first-order valence-electron chi connectivity index (χ1n) is 18.1. The van der Waals surface area contributed by atoms with Crippen molar-refractivity contribution in [3.63, 3.8) is 0 Å². The van der Waals surface area contributed by atoms with Gasteiger partial charge in [0.1, 0.15) is 5.76 Å². The van der Waals surface area contributed by atoms with Crippen LogP contribution in [0, 0.1) is 17.8 Å². The minimum atomic E-state index is -0.913. The van der Waals surface area contributed by atoms with Crippen molar-refractivity contribution in [2.24, 2.45) is 17.8 Å². The largest absolute Gasteiger partial charge is 0.467 e. The third kappa shape index (κ3) is 6.17. The summed E-state index contributed by atoms with van der Waals surface area (Å²) in [4.78, 5) is 78.5. The van der Waals surface area contributed by atoms with E-state index in [2.05, 4.69) is 28.5 Å². The van der Waals surface area contributed by atoms with Crippen LogP contribution in [0.4, 0.5) is 0 Å². The Morgan fingerprint density at radius 1 is 1.02 bits per heavy atom. The number of carbonyl (C=O) groups is 5. The number of nitrogens with one attached hydrogen (secondary N) is 2. The number of rotatable bonds is 10. The molecule has 3 aromatic rings. The molecule has 1 saturated carbocycles. The van der Waals surface area contributed by atoms with Gasteiger partial charge in [0, 0.05) is 88.1 Å². The van der Waals surface area contributed by atoms with E-state index in [4.69, 9.17) is 4.42 Å². The molecule has 1 aromatic carbocycles. The van der Waals surface area contributed by atoms with Gasteiger partial charge in [0.25, 0.3) is 0 Å². The van der Waals surface area contributed by atoms with E-state index in [1.807, 2.05) is 21.6 Å². The summed E-state index contributed by atoms with van der Waals surface area (Å²) < 4.78 is 5.36. The Hall–Kier alpha value is -4.61. The third-order valence-corrected chi connectivity index (χ3v) is 11.4. The summed E-state index contributed by atoms with van der Waals surface area (Å²) in [6.07, 6.45) is 5.85. The SMILES string of the molecule is CC[C@]12c3[nH]c4cc(CCC(=O)N(C)C)ccc4c3CCN1C(=O)[C@@H](CC(=O)NCc1ccco1)C[C@@H]2C(=O)N1CCN(C(=O)C2CC2)CC1. The molecular formula is C38H48N6O6. The van der Waals surface area contributed by atoms with E-state index in [-0.39, 0.29) is 54.8 Å². The molecule has 3 atom stereocenters. The minimum Gasteiger partial charge on any atom is -0.467 e. The molecule has 5 heterocycles. The molecule has 5 amide bonds. The lowest BCUT2D eigenvalue weighted by molar-refractivity contribution is -0.168. The highest BCUT2D eigenvalue weighted by Crippen LogP contribution is 2.52. The number of aromatic amines is 1. The maximum Gasteiger partial charge on any atom is 0.228 e. The van der Waals surface area contributed by atoms with Gasteiger partial charge in [0.2, 0.25) is 29.5 Å². The van der Waals surface area contributed by atoms with E-state index in [0.29, 0.717) is 64.2 Å². The fourth-order valence-corrected chi connectivity index (χ4v) is 8.53. The summed E-state index contributed by atoms with van der Waals surface area (Å²) in [7, 11) is 3.52. The Kier molecular flexibility index (Phi) is 9.21. The van der Waals surface area contributed by atoms with Gasteiger partial charge < -0.3 is 34.3 Å². The quantitative estimate of drug-likeness (QED) is 0.337. The van der Waals surface area contributed by atoms with E-state index < -0.39 is 17.4 Å². The lowest BCUT2D eigenvalue weighted by Crippen LogP contribution is -2.66. The van der Waals surface area contributed by atoms with Crippen molar-refractivity contribution in [3.8, 4) is 0 Å². The standard InChI is InChI=1S/C38H48N6O6/c1-4-38-30(37(49)43-17-15-42(16-18-43)35(47)25-9-10-25)21-26(22-32(45)39-23-27-6-5-19-50-27)36(48)44(38)14-13-29-28-11-7-24(8-12-33(46)41(2)3)20-31(28)40-34(29)38/h5-7,11,19-20,25-26,30,40H,4,8-10,12-18,21-23H2,1-3H3,(H,39,45)/t26-,30-,38+/m1/s1. The highest BCUT2D eigenvalue weighted by Gasteiger charge is 2.59. The molecule has 2 saturated heterocycles. The van der Waals surface area contributed by atoms with Gasteiger partial charge in [-0.05, 0) is 67.9 Å². The Morgan fingerprint density at radius 3 is 2.42 bits per heavy atom. The first kappa shape index (κ1) is 33.9. The number of benzene rings is 1. The maximum absolute atomic E-state index is 14.8. The number of fused-ring (bicyclic) bond motifs is 5. The molecule has 7 rings (SSSR count). The Morgan fingerprint density at radius 2 is 1.76 bits per heavy atom. The molecule has 50 heavy (non-hydrogen) atoms. The van der Waals surface area contributed by atoms with Crippen LogP contribution in [0.2, 0.25) is 0 Å². The minimum absolute atomic E-state index is 0.0160. The number of nitrogens with zero attached hydrogens (tertiary/aromatic N) is 4. The zero-order valence-corrected chi connectivity index (χ0v) is 29.3. The van der Waals surface area contributed by atoms with Crippen LogP contribution in [-0.2, 0) is 48.9 Å². The fourth-order valence-electron chi connectivity index (χ4n) is 8.53. The predicted molar refractivity (Wildman–Crippen MR) is 185 cm³/mol. The number of hydrogen-bond donors (Lipinski definition) is 2. The molecule has 0 bridgehead atoms. The predicted octanol–water partition coefficient (Wildman–Crippen LogP) is 3.20. The number of aryl methyl sites for hydroxylation is 1. The van der Waals surface area contributed by atoms with Crippen LogP contribution in [0.5, 0.6) is 0 Å². The van der Waals surface area contributed by atoms with Crippen molar-refractivity contribution in [3.05, 3.63) is 59.2 Å². The van der Waals surface area contributed by atoms with Crippen LogP contribution < -0.4 is 5.32 Å². The second-order valence-corrected chi connectivity index (χ2v) is 14.6. The van der Waals surface area contributed by atoms with Gasteiger partial charge in [0.05, 0.1) is 24.3 Å². The highest BCUT2D eigenvalue weighted by atomic mass is 16.3. The Labute approximate surface area is 292 Å². The number of amides is 5. The molecule has 0 spiro atoms. The van der Waals surface area contributed by atoms with Crippen LogP contribution in [0.25, 0.3) is 10.9 Å². The molecule has 266 valence electrons. The monoisotopic (exact) mass is 684 g/mol. The molecule has 2 aromatic heterocycles. The lowest BCUT2D eigenvalue weighted by atomic mass is 9.65. The number of piperidine rings is 1. The summed E-state index contributed by atoms with van der Waals surface area (Å²) in [5, 5.41) is 3.95. The summed E-state index contributed by atoms with van der Waals surface area (Å²) in [6.45, 7) is 4.63. The van der Waals surface area contributed by atoms with Crippen LogP contribution >= 0.6 is 0 Å². The normalized spacial score (nSPS) is 23.4. The van der Waals surface area contributed by atoms with E-state index in [1.54, 1.807) is 37.4 Å². The Bertz CT molecular complexity index is 1790. The van der Waals surface area contributed by atoms with Crippen LogP contribution in [-0.4, -0.2) is 101 Å². The van der Waals surface area contributed by atoms with Gasteiger partial charge in [-0.3, -0.25) is 24.0 Å². The Balaban J connectivity index is 1.20. The molecule has 12 nitrogen and oxygen atoms in total. The van der Waals surface area contributed by atoms with Gasteiger partial charge in [-0.25, -0.2) is 0 Å². The first-order chi connectivity index (χ1) is 24.1. The molecule has 1 aliphatic carbocycles. The number of carbonyl (C=O) groups excluding carboxylic acids is 5. The number of furan rings is 1. The number of H-pyrrole nitrogens is 1. The van der Waals surface area contributed by atoms with Gasteiger partial charge >= 0.3 is 0 Å². The van der Waals surface area contributed by atoms with Gasteiger partial charge in [-0.1, -0.05) is 19.1 Å². The van der Waals surface area contributed by atoms with Crippen LogP contribution in [0.3, 0.4) is 0 Å². The molecule has 3 aliphatic heterocycles. The van der Waals surface area contributed by atoms with E-state index in [9.17, 15) is 24.0 Å². The number of hydrogen-bond acceptors (Lipinski definition) is 6. The van der Waals surface area contributed by atoms with Crippen LogP contribution in [0.15, 0.2) is 41.0 Å². The summed E-state index contributed by atoms with van der Waals surface area (Å²) in [5.74, 6) is -0.596. The van der Waals surface area contributed by atoms with Crippen molar-refractivity contribution < 1.29 is 28.4 Å². The zero-order chi connectivity index (χ0) is 35.2. The van der Waals surface area contributed by atoms with Gasteiger partial charge in [-0.15, -0.1) is 0 Å². The van der Waals surface area contributed by atoms with Gasteiger partial charge in [0.15, 0.2) is 0 Å². The molecule has 2 N–H and O–H groups in total. The van der Waals surface area contributed by atoms with E-state index >= 15 is 0 Å². The van der Waals surface area contributed by atoms with Crippen molar-refractivity contribution >= 4 is 40.4 Å². The van der Waals surface area contributed by atoms with Crippen LogP contribution in [0.1, 0.15) is 68.0 Å². The third-order valence-electron chi connectivity index (χ3n) is 11.4. The van der Waals surface area contributed by atoms with Gasteiger partial charge in [-0.2, -0.15) is 0 Å². The lowest BCUT2D eigenvalue weighted by Gasteiger charge is -2.56. The summed E-state index contributed by atoms with van der Waals surface area (Å²) in [6, 6.07) is 9.80. The molecule has 0 unspecified atom stereocenters. The topological polar surface area (TPSA) is 139 Å². The van der Waals surface area contributed by atoms with E-state index in [1.165, 1.54) is 0 Å². The average molecular weight is 685 g/mol. The first-order valence-corrected chi connectivity index (χ1v) is 18.1. The van der Waals surface area contributed by atoms with Crippen molar-refractivity contribution in [1.29, 1.82) is 0 Å².